The van der Waals surface area contributed by atoms with Gasteiger partial charge in [0.25, 0.3) is 0 Å². The first-order valence-corrected chi connectivity index (χ1v) is 26.1. The monoisotopic (exact) mass is 1010 g/mol. The van der Waals surface area contributed by atoms with E-state index in [1.807, 2.05) is 19.1 Å². The zero-order valence-electron chi connectivity index (χ0n) is 39.1. The largest absolute Gasteiger partial charge is 0.472 e. The van der Waals surface area contributed by atoms with E-state index >= 15 is 0 Å². The molecule has 0 aliphatic heterocycles. The maximum absolute atomic E-state index is 13.0. The number of rotatable bonds is 36. The Morgan fingerprint density at radius 2 is 1.13 bits per heavy atom. The number of ether oxygens (including phenoxy) is 2. The highest BCUT2D eigenvalue weighted by Crippen LogP contribution is 2.49. The second kappa shape index (κ2) is 36.7. The Hall–Kier alpha value is -3.20. The van der Waals surface area contributed by atoms with Crippen molar-refractivity contribution in [2.75, 3.05) is 13.2 Å². The molecule has 1 aliphatic carbocycles. The third kappa shape index (κ3) is 30.4. The highest BCUT2D eigenvalue weighted by atomic mass is 31.2. The molecule has 5 unspecified atom stereocenters. The molecule has 1 rings (SSSR count). The van der Waals surface area contributed by atoms with Crippen LogP contribution >= 0.6 is 15.6 Å². The van der Waals surface area contributed by atoms with Gasteiger partial charge in [0.1, 0.15) is 43.2 Å². The van der Waals surface area contributed by atoms with Crippen LogP contribution in [0, 0.1) is 0 Å². The molecule has 0 aromatic heterocycles. The van der Waals surface area contributed by atoms with Crippen molar-refractivity contribution in [3.8, 4) is 0 Å². The van der Waals surface area contributed by atoms with E-state index < -0.39 is 102 Å². The van der Waals surface area contributed by atoms with Gasteiger partial charge in [0.05, 0.1) is 24.9 Å². The van der Waals surface area contributed by atoms with Crippen molar-refractivity contribution in [2.45, 2.75) is 171 Å². The van der Waals surface area contributed by atoms with Crippen LogP contribution in [0.15, 0.2) is 97.2 Å². The van der Waals surface area contributed by atoms with Crippen molar-refractivity contribution in [1.82, 2.24) is 0 Å². The molecule has 0 bridgehead atoms. The van der Waals surface area contributed by atoms with Gasteiger partial charge < -0.3 is 59.9 Å². The van der Waals surface area contributed by atoms with Crippen LogP contribution in [0.25, 0.3) is 0 Å². The van der Waals surface area contributed by atoms with Crippen molar-refractivity contribution in [3.63, 3.8) is 0 Å². The molecule has 0 aromatic carbocycles. The second-order valence-electron chi connectivity index (χ2n) is 15.9. The Morgan fingerprint density at radius 3 is 1.78 bits per heavy atom. The first-order chi connectivity index (χ1) is 32.3. The van der Waals surface area contributed by atoms with Crippen LogP contribution in [0.4, 0.5) is 0 Å². The normalized spacial score (nSPS) is 23.5. The van der Waals surface area contributed by atoms with E-state index in [0.29, 0.717) is 19.3 Å². The summed E-state index contributed by atoms with van der Waals surface area (Å²) in [4.78, 5) is 54.3. The molecular weight excluding hydrogens is 930 g/mol. The fourth-order valence-corrected chi connectivity index (χ4v) is 7.86. The van der Waals surface area contributed by atoms with E-state index in [9.17, 15) is 59.4 Å². The summed E-state index contributed by atoms with van der Waals surface area (Å²) in [6, 6.07) is 0. The van der Waals surface area contributed by atoms with Gasteiger partial charge in [-0.25, -0.2) is 9.13 Å². The summed E-state index contributed by atoms with van der Waals surface area (Å²) in [7, 11) is -10.8. The predicted molar refractivity (Wildman–Crippen MR) is 254 cm³/mol. The van der Waals surface area contributed by atoms with Crippen LogP contribution in [0.1, 0.15) is 110 Å². The Kier molecular flexibility index (Phi) is 33.9. The Balaban J connectivity index is 2.76. The van der Waals surface area contributed by atoms with E-state index in [0.717, 1.165) is 51.4 Å². The molecule has 0 radical (unpaired) electrons. The maximum atomic E-state index is 13.0. The SMILES string of the molecule is CC/C=C\C/C=C\C/C=C\CCCCCCCC(=O)O[C@H](COC(=O)CCC[C@H](O)[C@@H](O)\C=C/C=C\C=C\C=C\[C@H](O)C/C=C\CC)COP(=O)(O)O[C@H]1C(O)C(O)C(O)[C@@H](OP(=O)(O)O)C1O. The van der Waals surface area contributed by atoms with Crippen LogP contribution < -0.4 is 0 Å². The summed E-state index contributed by atoms with van der Waals surface area (Å²) in [5, 5.41) is 71.7. The molecule has 1 fully saturated rings. The van der Waals surface area contributed by atoms with Crippen molar-refractivity contribution in [2.24, 2.45) is 0 Å². The van der Waals surface area contributed by atoms with Crippen molar-refractivity contribution >= 4 is 27.6 Å². The third-order valence-electron chi connectivity index (χ3n) is 10.00. The van der Waals surface area contributed by atoms with Gasteiger partial charge in [-0.15, -0.1) is 0 Å². The number of allylic oxidation sites excluding steroid dienone is 13. The molecule has 10 N–H and O–H groups in total. The number of aliphatic hydroxyl groups excluding tert-OH is 7. The van der Waals surface area contributed by atoms with E-state index in [1.54, 1.807) is 36.5 Å². The summed E-state index contributed by atoms with van der Waals surface area (Å²) >= 11 is 0. The Morgan fingerprint density at radius 1 is 0.588 bits per heavy atom. The number of hydrogen-bond donors (Lipinski definition) is 10. The molecule has 0 spiro atoms. The molecule has 19 nitrogen and oxygen atoms in total. The van der Waals surface area contributed by atoms with Gasteiger partial charge in [0.2, 0.25) is 0 Å². The van der Waals surface area contributed by atoms with Crippen LogP contribution in [0.3, 0.4) is 0 Å². The van der Waals surface area contributed by atoms with Crippen LogP contribution in [-0.4, -0.2) is 137 Å². The zero-order chi connectivity index (χ0) is 50.8. The summed E-state index contributed by atoms with van der Waals surface area (Å²) in [5.41, 5.74) is 0. The van der Waals surface area contributed by atoms with Gasteiger partial charge in [-0.1, -0.05) is 130 Å². The van der Waals surface area contributed by atoms with Crippen molar-refractivity contribution in [1.29, 1.82) is 0 Å². The lowest BCUT2D eigenvalue weighted by molar-refractivity contribution is -0.216. The molecule has 1 aliphatic rings. The molecule has 1 saturated carbocycles. The summed E-state index contributed by atoms with van der Waals surface area (Å²) < 4.78 is 49.1. The van der Waals surface area contributed by atoms with Crippen LogP contribution in [0.2, 0.25) is 0 Å². The third-order valence-corrected chi connectivity index (χ3v) is 11.5. The quantitative estimate of drug-likeness (QED) is 0.0125. The van der Waals surface area contributed by atoms with Gasteiger partial charge in [-0.2, -0.15) is 0 Å². The van der Waals surface area contributed by atoms with E-state index in [-0.39, 0.29) is 25.7 Å². The van der Waals surface area contributed by atoms with Gasteiger partial charge in [-0.05, 0) is 64.2 Å². The highest BCUT2D eigenvalue weighted by molar-refractivity contribution is 7.47. The number of carbonyl (C=O) groups excluding carboxylic acids is 2. The van der Waals surface area contributed by atoms with Gasteiger partial charge in [-0.3, -0.25) is 23.2 Å². The molecule has 0 saturated heterocycles. The Bertz CT molecular complexity index is 1740. The van der Waals surface area contributed by atoms with Gasteiger partial charge in [0, 0.05) is 12.8 Å². The number of hydrogen-bond acceptors (Lipinski definition) is 16. The number of phosphoric acid groups is 2. The minimum Gasteiger partial charge on any atom is -0.462 e. The van der Waals surface area contributed by atoms with E-state index in [4.69, 9.17) is 28.3 Å². The number of phosphoric ester groups is 2. The summed E-state index contributed by atoms with van der Waals surface area (Å²) in [5.74, 6) is -1.57. The summed E-state index contributed by atoms with van der Waals surface area (Å²) in [6.07, 6.45) is 20.1. The number of carbonyl (C=O) groups is 2. The maximum Gasteiger partial charge on any atom is 0.472 e. The minimum atomic E-state index is -5.41. The lowest BCUT2D eigenvalue weighted by atomic mass is 9.85. The predicted octanol–water partition coefficient (Wildman–Crippen LogP) is 5.30. The first-order valence-electron chi connectivity index (χ1n) is 23.1. The molecule has 21 heteroatoms. The molecule has 388 valence electrons. The summed E-state index contributed by atoms with van der Waals surface area (Å²) in [6.45, 7) is 2.47. The average Bonchev–Trinajstić information content (AvgIpc) is 3.28. The molecule has 11 atom stereocenters. The highest BCUT2D eigenvalue weighted by Gasteiger charge is 2.54. The number of unbranched alkanes of at least 4 members (excludes halogenated alkanes) is 5. The van der Waals surface area contributed by atoms with E-state index in [1.165, 1.54) is 12.2 Å². The lowest BCUT2D eigenvalue weighted by Crippen LogP contribution is -2.64. The number of aliphatic hydroxyl groups is 7. The first kappa shape index (κ1) is 62.8. The zero-order valence-corrected chi connectivity index (χ0v) is 40.9. The second-order valence-corrected chi connectivity index (χ2v) is 18.5. The van der Waals surface area contributed by atoms with E-state index in [2.05, 4.69) is 47.9 Å². The van der Waals surface area contributed by atoms with Crippen LogP contribution in [-0.2, 0) is 41.8 Å². The molecule has 0 amide bonds. The minimum absolute atomic E-state index is 0.00623. The van der Waals surface area contributed by atoms with Crippen molar-refractivity contribution in [3.05, 3.63) is 97.2 Å². The topological polar surface area (TPSA) is 317 Å². The standard InChI is InChI=1S/C47H76O19P2/c1-3-5-7-8-9-10-11-12-13-14-15-16-17-22-26-32-41(52)64-37(35-63-68(60,61)66-47-44(55)42(53)43(54)46(45(47)56)65-67(57,58)59)34-62-40(51)33-27-31-39(50)38(49)30-25-21-19-18-20-24-29-36(48)28-23-6-4-2/h5-7,9-10,12-13,18-21,23-25,29-30,36-39,42-50,53-56H,3-4,8,11,14-17,22,26-28,31-35H2,1-2H3,(H,60,61)(H2,57,58,59)/b7-5-,10-9-,13-12-,20-18+,21-19-,23-6-,29-24+,30-25-/t36-,37-,38+,39+,42?,43?,44?,45?,46-,47+/m1/s1. The molecule has 68 heavy (non-hydrogen) atoms. The number of esters is 2. The smallest absolute Gasteiger partial charge is 0.462 e. The van der Waals surface area contributed by atoms with Crippen LogP contribution in [0.5, 0.6) is 0 Å². The molecular formula is C47H76O19P2. The fourth-order valence-electron chi connectivity index (χ4n) is 6.32. The lowest BCUT2D eigenvalue weighted by Gasteiger charge is -2.43. The molecule has 0 aromatic rings. The fraction of sp³-hybridized carbons (Fsp3) is 0.617. The van der Waals surface area contributed by atoms with Crippen molar-refractivity contribution < 1.29 is 92.2 Å². The van der Waals surface area contributed by atoms with Gasteiger partial charge in [0.15, 0.2) is 6.10 Å². The average molecular weight is 1010 g/mol. The molecule has 0 heterocycles. The van der Waals surface area contributed by atoms with Gasteiger partial charge >= 0.3 is 27.6 Å². The Labute approximate surface area is 400 Å².